The highest BCUT2D eigenvalue weighted by Gasteiger charge is 2.41. The molecule has 0 saturated carbocycles. The van der Waals surface area contributed by atoms with Crippen molar-refractivity contribution < 1.29 is 17.5 Å². The van der Waals surface area contributed by atoms with Crippen LogP contribution in [-0.4, -0.2) is 45.5 Å². The third-order valence-corrected chi connectivity index (χ3v) is 6.28. The fourth-order valence-electron chi connectivity index (χ4n) is 3.27. The second kappa shape index (κ2) is 5.55. The highest BCUT2D eigenvalue weighted by Crippen LogP contribution is 2.32. The maximum absolute atomic E-state index is 13.8. The number of nitrogens with zero attached hydrogens (tertiary/aromatic N) is 1. The molecule has 1 aromatic rings. The number of ether oxygens (including phenoxy) is 1. The molecule has 116 valence electrons. The van der Waals surface area contributed by atoms with Crippen molar-refractivity contribution in [2.75, 3.05) is 26.7 Å². The van der Waals surface area contributed by atoms with Crippen LogP contribution in [0.1, 0.15) is 12.8 Å². The number of hydrogen-bond acceptors (Lipinski definition) is 4. The minimum Gasteiger partial charge on any atom is -0.494 e. The van der Waals surface area contributed by atoms with E-state index < -0.39 is 15.8 Å². The number of methoxy groups -OCH3 is 1. The van der Waals surface area contributed by atoms with E-state index in [0.717, 1.165) is 25.5 Å². The quantitative estimate of drug-likeness (QED) is 0.911. The van der Waals surface area contributed by atoms with Crippen molar-refractivity contribution in [2.24, 2.45) is 5.92 Å². The van der Waals surface area contributed by atoms with E-state index in [-0.39, 0.29) is 16.7 Å². The van der Waals surface area contributed by atoms with Crippen LogP contribution in [0.4, 0.5) is 4.39 Å². The van der Waals surface area contributed by atoms with Crippen LogP contribution in [0.5, 0.6) is 5.75 Å². The van der Waals surface area contributed by atoms with Gasteiger partial charge in [0.15, 0.2) is 11.6 Å². The molecule has 1 aromatic carbocycles. The lowest BCUT2D eigenvalue weighted by molar-refractivity contribution is 0.217. The van der Waals surface area contributed by atoms with E-state index in [9.17, 15) is 12.8 Å². The van der Waals surface area contributed by atoms with Gasteiger partial charge in [0, 0.05) is 19.1 Å². The Morgan fingerprint density at radius 2 is 2.19 bits per heavy atom. The summed E-state index contributed by atoms with van der Waals surface area (Å²) in [5.74, 6) is -0.249. The molecule has 2 saturated heterocycles. The van der Waals surface area contributed by atoms with Gasteiger partial charge in [-0.15, -0.1) is 0 Å². The third kappa shape index (κ3) is 2.54. The Morgan fingerprint density at radius 1 is 1.38 bits per heavy atom. The van der Waals surface area contributed by atoms with Crippen LogP contribution in [0.15, 0.2) is 23.1 Å². The summed E-state index contributed by atoms with van der Waals surface area (Å²) in [5, 5.41) is 3.25. The van der Waals surface area contributed by atoms with Crippen LogP contribution < -0.4 is 10.1 Å². The van der Waals surface area contributed by atoms with Gasteiger partial charge < -0.3 is 10.1 Å². The summed E-state index contributed by atoms with van der Waals surface area (Å²) in [4.78, 5) is -0.00616. The standard InChI is InChI=1S/C14H19FN2O3S/c1-20-14-5-4-11(7-12(14)15)21(18,19)17-6-2-3-10-8-16-9-13(10)17/h4-5,7,10,13,16H,2-3,6,8-9H2,1H3. The van der Waals surface area contributed by atoms with Crippen LogP contribution in [0.2, 0.25) is 0 Å². The summed E-state index contributed by atoms with van der Waals surface area (Å²) < 4.78 is 45.7. The first-order valence-electron chi connectivity index (χ1n) is 7.10. The molecule has 0 bridgehead atoms. The van der Waals surface area contributed by atoms with Gasteiger partial charge in [0.2, 0.25) is 10.0 Å². The van der Waals surface area contributed by atoms with Crippen molar-refractivity contribution >= 4 is 10.0 Å². The van der Waals surface area contributed by atoms with Crippen LogP contribution >= 0.6 is 0 Å². The monoisotopic (exact) mass is 314 g/mol. The molecule has 2 aliphatic heterocycles. The molecule has 7 heteroatoms. The minimum absolute atomic E-state index is 0.00616. The highest BCUT2D eigenvalue weighted by atomic mass is 32.2. The lowest BCUT2D eigenvalue weighted by Gasteiger charge is -2.35. The molecule has 0 spiro atoms. The molecule has 21 heavy (non-hydrogen) atoms. The van der Waals surface area contributed by atoms with Crippen LogP contribution in [0.25, 0.3) is 0 Å². The largest absolute Gasteiger partial charge is 0.494 e. The van der Waals surface area contributed by atoms with Gasteiger partial charge in [0.05, 0.1) is 12.0 Å². The van der Waals surface area contributed by atoms with Crippen molar-refractivity contribution in [3.63, 3.8) is 0 Å². The van der Waals surface area contributed by atoms with Gasteiger partial charge in [-0.1, -0.05) is 0 Å². The van der Waals surface area contributed by atoms with Gasteiger partial charge in [-0.05, 0) is 43.5 Å². The highest BCUT2D eigenvalue weighted by molar-refractivity contribution is 7.89. The first kappa shape index (κ1) is 14.7. The first-order valence-corrected chi connectivity index (χ1v) is 8.54. The van der Waals surface area contributed by atoms with Crippen molar-refractivity contribution in [1.29, 1.82) is 0 Å². The molecule has 2 aliphatic rings. The number of sulfonamides is 1. The lowest BCUT2D eigenvalue weighted by atomic mass is 9.94. The molecule has 2 unspecified atom stereocenters. The number of benzene rings is 1. The third-order valence-electron chi connectivity index (χ3n) is 4.36. The fourth-order valence-corrected chi connectivity index (χ4v) is 5.00. The van der Waals surface area contributed by atoms with Crippen molar-refractivity contribution in [3.8, 4) is 5.75 Å². The topological polar surface area (TPSA) is 58.6 Å². The molecule has 0 aromatic heterocycles. The number of piperidine rings is 1. The van der Waals surface area contributed by atoms with Crippen LogP contribution in [0.3, 0.4) is 0 Å². The molecule has 2 heterocycles. The normalized spacial score (nSPS) is 26.6. The molecule has 1 N–H and O–H groups in total. The summed E-state index contributed by atoms with van der Waals surface area (Å²) in [5.41, 5.74) is 0. The van der Waals surface area contributed by atoms with Crippen molar-refractivity contribution in [3.05, 3.63) is 24.0 Å². The zero-order valence-corrected chi connectivity index (χ0v) is 12.7. The Bertz CT molecular complexity index is 635. The second-order valence-electron chi connectivity index (χ2n) is 5.54. The number of halogens is 1. The number of rotatable bonds is 3. The number of fused-ring (bicyclic) bond motifs is 1. The van der Waals surface area contributed by atoms with E-state index in [1.807, 2.05) is 0 Å². The summed E-state index contributed by atoms with van der Waals surface area (Å²) in [6, 6.07) is 3.79. The number of hydrogen-bond donors (Lipinski definition) is 1. The lowest BCUT2D eigenvalue weighted by Crippen LogP contribution is -2.48. The zero-order chi connectivity index (χ0) is 15.0. The van der Waals surface area contributed by atoms with Gasteiger partial charge in [-0.25, -0.2) is 12.8 Å². The predicted molar refractivity (Wildman–Crippen MR) is 76.2 cm³/mol. The maximum Gasteiger partial charge on any atom is 0.243 e. The van der Waals surface area contributed by atoms with Gasteiger partial charge in [0.25, 0.3) is 0 Å². The average Bonchev–Trinajstić information content (AvgIpc) is 2.95. The van der Waals surface area contributed by atoms with E-state index in [0.29, 0.717) is 19.0 Å². The second-order valence-corrected chi connectivity index (χ2v) is 7.43. The Balaban J connectivity index is 1.94. The summed E-state index contributed by atoms with van der Waals surface area (Å²) >= 11 is 0. The molecule has 0 aliphatic carbocycles. The molecular formula is C14H19FN2O3S. The molecule has 0 radical (unpaired) electrons. The molecule has 0 amide bonds. The van der Waals surface area contributed by atoms with Crippen LogP contribution in [-0.2, 0) is 10.0 Å². The van der Waals surface area contributed by atoms with E-state index in [4.69, 9.17) is 4.74 Å². The molecule has 2 fully saturated rings. The molecule has 3 rings (SSSR count). The zero-order valence-electron chi connectivity index (χ0n) is 11.9. The smallest absolute Gasteiger partial charge is 0.243 e. The first-order chi connectivity index (χ1) is 10.0. The van der Waals surface area contributed by atoms with Crippen molar-refractivity contribution in [2.45, 2.75) is 23.8 Å². The Labute approximate surface area is 124 Å². The molecule has 2 atom stereocenters. The summed E-state index contributed by atoms with van der Waals surface area (Å²) in [6.07, 6.45) is 1.89. The fraction of sp³-hybridized carbons (Fsp3) is 0.571. The van der Waals surface area contributed by atoms with E-state index in [1.165, 1.54) is 23.5 Å². The van der Waals surface area contributed by atoms with Crippen molar-refractivity contribution in [1.82, 2.24) is 9.62 Å². The van der Waals surface area contributed by atoms with Gasteiger partial charge in [0.1, 0.15) is 0 Å². The maximum atomic E-state index is 13.8. The van der Waals surface area contributed by atoms with Gasteiger partial charge in [-0.2, -0.15) is 4.31 Å². The molecular weight excluding hydrogens is 295 g/mol. The minimum atomic E-state index is -3.67. The summed E-state index contributed by atoms with van der Waals surface area (Å²) in [6.45, 7) is 2.02. The Morgan fingerprint density at radius 3 is 2.90 bits per heavy atom. The van der Waals surface area contributed by atoms with Gasteiger partial charge in [-0.3, -0.25) is 0 Å². The Hall–Kier alpha value is -1.18. The molecule has 5 nitrogen and oxygen atoms in total. The summed E-state index contributed by atoms with van der Waals surface area (Å²) in [7, 11) is -2.31. The van der Waals surface area contributed by atoms with Crippen LogP contribution in [0, 0.1) is 11.7 Å². The predicted octanol–water partition coefficient (Wildman–Crippen LogP) is 1.21. The van der Waals surface area contributed by atoms with Gasteiger partial charge >= 0.3 is 0 Å². The number of nitrogens with one attached hydrogen (secondary N) is 1. The Kier molecular flexibility index (Phi) is 3.90. The van der Waals surface area contributed by atoms with E-state index in [2.05, 4.69) is 5.32 Å². The SMILES string of the molecule is COc1ccc(S(=O)(=O)N2CCCC3CNCC32)cc1F. The van der Waals surface area contributed by atoms with E-state index in [1.54, 1.807) is 0 Å². The van der Waals surface area contributed by atoms with E-state index >= 15 is 0 Å². The average molecular weight is 314 g/mol.